The molecule has 6 N–H and O–H groups in total. The van der Waals surface area contributed by atoms with Crippen LogP contribution in [0.5, 0.6) is 0 Å². The van der Waals surface area contributed by atoms with Crippen LogP contribution in [0.15, 0.2) is 0 Å². The first-order valence-electron chi connectivity index (χ1n) is 2.49. The summed E-state index contributed by atoms with van der Waals surface area (Å²) in [6.07, 6.45) is -0.954. The molecule has 0 spiro atoms. The van der Waals surface area contributed by atoms with Crippen molar-refractivity contribution in [3.63, 3.8) is 0 Å². The molecule has 0 radical (unpaired) electrons. The Kier molecular flexibility index (Phi) is 27.5. The molecule has 0 aromatic carbocycles. The van der Waals surface area contributed by atoms with Gasteiger partial charge in [0.25, 0.3) is 0 Å². The summed E-state index contributed by atoms with van der Waals surface area (Å²) in [5.41, 5.74) is 0. The summed E-state index contributed by atoms with van der Waals surface area (Å²) in [7, 11) is -4.64. The van der Waals surface area contributed by atoms with Crippen LogP contribution >= 0.6 is 7.82 Å². The van der Waals surface area contributed by atoms with Crippen LogP contribution in [0.4, 0.5) is 0 Å². The fourth-order valence-electron chi connectivity index (χ4n) is 0.0577. The average molecular weight is 274 g/mol. The second-order valence-electron chi connectivity index (χ2n) is 1.53. The van der Waals surface area contributed by atoms with E-state index in [-0.39, 0.29) is 94.4 Å². The van der Waals surface area contributed by atoms with Crippen molar-refractivity contribution in [1.29, 1.82) is 0 Å². The molecule has 0 aliphatic heterocycles. The van der Waals surface area contributed by atoms with Crippen LogP contribution in [0.1, 0.15) is 5.71 Å². The maximum atomic E-state index is 8.88. The fraction of sp³-hybridized carbons (Fsp3) is 1.00. The first-order chi connectivity index (χ1) is 4.81. The van der Waals surface area contributed by atoms with E-state index >= 15 is 0 Å². The normalized spacial score (nSPS) is 9.15. The van der Waals surface area contributed by atoms with Crippen LogP contribution < -0.4 is 0 Å². The van der Waals surface area contributed by atoms with Gasteiger partial charge in [-0.25, -0.2) is 4.57 Å². The zero-order valence-electron chi connectivity index (χ0n) is 10.9. The Morgan fingerprint density at radius 2 is 1.23 bits per heavy atom. The van der Waals surface area contributed by atoms with E-state index in [1.54, 1.807) is 0 Å². The maximum Gasteiger partial charge on any atom is 2.00 e. The molecule has 0 unspecified atom stereocenters. The van der Waals surface area contributed by atoms with E-state index < -0.39 is 13.9 Å². The van der Waals surface area contributed by atoms with Crippen molar-refractivity contribution < 1.29 is 40.3 Å². The monoisotopic (exact) mass is 274 g/mol. The van der Waals surface area contributed by atoms with Crippen molar-refractivity contribution >= 4 is 83.3 Å². The molecule has 0 bridgehead atoms. The summed E-state index contributed by atoms with van der Waals surface area (Å²) in [6.45, 7) is -0.729. The van der Waals surface area contributed by atoms with Gasteiger partial charge in [-0.2, -0.15) is 0 Å². The van der Waals surface area contributed by atoms with E-state index in [4.69, 9.17) is 34.6 Å². The van der Waals surface area contributed by atoms with Gasteiger partial charge in [0, 0.05) is 0 Å². The minimum Gasteiger partial charge on any atom is -1.00 e. The van der Waals surface area contributed by atoms with E-state index in [9.17, 15) is 0 Å². The third-order valence-corrected chi connectivity index (χ3v) is 0.421. The molecule has 0 fully saturated rings. The van der Waals surface area contributed by atoms with Gasteiger partial charge in [0.15, 0.2) is 0 Å². The van der Waals surface area contributed by atoms with Crippen LogP contribution in [-0.2, 0) is 4.57 Å². The number of phosphoric acid groups is 1. The molecule has 0 rings (SSSR count). The first kappa shape index (κ1) is 24.6. The zero-order valence-corrected chi connectivity index (χ0v) is 12.3. The van der Waals surface area contributed by atoms with Crippen LogP contribution in [0.2, 0.25) is 0 Å². The number of rotatable bonds is 2. The second kappa shape index (κ2) is 14.5. The van der Waals surface area contributed by atoms with Crippen LogP contribution in [0.3, 0.4) is 0 Å². The van der Waals surface area contributed by atoms with Crippen molar-refractivity contribution in [2.75, 3.05) is 13.2 Å². The number of hydrogen-bond acceptors (Lipinski definition) is 4. The molecular weight excluding hydrogens is 259 g/mol. The minimum absolute atomic E-state index is 0. The molecule has 0 aliphatic carbocycles. The molecule has 0 aromatic heterocycles. The third kappa shape index (κ3) is 53.6. The van der Waals surface area contributed by atoms with E-state index in [1.165, 1.54) is 0 Å². The Bertz CT molecular complexity index is 128. The largest absolute Gasteiger partial charge is 2.00 e. The quantitative estimate of drug-likeness (QED) is 0.234. The summed E-state index contributed by atoms with van der Waals surface area (Å²) < 4.78 is 8.88. The molecule has 0 atom stereocenters. The van der Waals surface area contributed by atoms with Gasteiger partial charge in [-0.05, 0) is 0 Å². The average Bonchev–Trinajstić information content (AvgIpc) is 1.83. The molecule has 0 amide bonds. The van der Waals surface area contributed by atoms with Gasteiger partial charge in [0.05, 0.1) is 13.2 Å². The fourth-order valence-corrected chi connectivity index (χ4v) is 0.0577. The van der Waals surface area contributed by atoms with Crippen LogP contribution in [0.25, 0.3) is 0 Å². The van der Waals surface area contributed by atoms with Gasteiger partial charge in [-0.15, -0.1) is 0 Å². The Morgan fingerprint density at radius 3 is 1.23 bits per heavy atom. The van der Waals surface area contributed by atoms with Gasteiger partial charge in [0.2, 0.25) is 0 Å². The van der Waals surface area contributed by atoms with Crippen molar-refractivity contribution in [2.45, 2.75) is 6.10 Å². The van der Waals surface area contributed by atoms with Crippen molar-refractivity contribution in [2.24, 2.45) is 0 Å². The molecule has 0 saturated heterocycles. The Morgan fingerprint density at radius 1 is 1.08 bits per heavy atom. The predicted octanol–water partition coefficient (Wildman–Crippen LogP) is -2.91. The molecule has 0 saturated carbocycles. The summed E-state index contributed by atoms with van der Waals surface area (Å²) >= 11 is 0. The molecule has 0 aliphatic rings. The Balaban J connectivity index is -0.0000000118. The van der Waals surface area contributed by atoms with Gasteiger partial charge >= 0.3 is 83.3 Å². The van der Waals surface area contributed by atoms with Gasteiger partial charge < -0.3 is 35.7 Å². The molecule has 0 aromatic rings. The van der Waals surface area contributed by atoms with E-state index in [2.05, 4.69) is 0 Å². The third-order valence-electron chi connectivity index (χ3n) is 0.421. The van der Waals surface area contributed by atoms with Crippen LogP contribution in [-0.4, -0.2) is 125 Å². The Hall–Kier alpha value is 2.51. The molecule has 78 valence electrons. The van der Waals surface area contributed by atoms with Gasteiger partial charge in [0.1, 0.15) is 6.10 Å². The minimum atomic E-state index is -4.64. The topological polar surface area (TPSA) is 138 Å². The summed E-state index contributed by atoms with van der Waals surface area (Å²) in [4.78, 5) is 21.6. The van der Waals surface area contributed by atoms with Crippen LogP contribution in [0, 0.1) is 0 Å². The van der Waals surface area contributed by atoms with E-state index in [1.807, 2.05) is 0 Å². The predicted molar refractivity (Wildman–Crippen MR) is 50.4 cm³/mol. The Labute approximate surface area is 141 Å². The smallest absolute Gasteiger partial charge is 1.00 e. The van der Waals surface area contributed by atoms with Gasteiger partial charge in [-0.1, -0.05) is 0 Å². The molecule has 0 heterocycles. The summed E-state index contributed by atoms with van der Waals surface area (Å²) in [5, 5.41) is 24.0. The summed E-state index contributed by atoms with van der Waals surface area (Å²) in [6, 6.07) is 0. The molecule has 10 heteroatoms. The molecular formula is C3H15Ca2O7P. The van der Waals surface area contributed by atoms with Gasteiger partial charge in [-0.3, -0.25) is 0 Å². The summed E-state index contributed by atoms with van der Waals surface area (Å²) in [5.74, 6) is 0. The number of aliphatic hydroxyl groups is 3. The number of hydrogen-bond donors (Lipinski definition) is 6. The zero-order chi connectivity index (χ0) is 9.49. The molecule has 13 heavy (non-hydrogen) atoms. The van der Waals surface area contributed by atoms with E-state index in [0.29, 0.717) is 0 Å². The van der Waals surface area contributed by atoms with Crippen molar-refractivity contribution in [3.05, 3.63) is 0 Å². The van der Waals surface area contributed by atoms with Crippen molar-refractivity contribution in [1.82, 2.24) is 0 Å². The first-order valence-corrected chi connectivity index (χ1v) is 4.05. The number of aliphatic hydroxyl groups excluding tert-OH is 3. The van der Waals surface area contributed by atoms with E-state index in [0.717, 1.165) is 0 Å². The molecule has 7 nitrogen and oxygen atoms in total. The maximum absolute atomic E-state index is 8.88. The second-order valence-corrected chi connectivity index (χ2v) is 2.56. The standard InChI is InChI=1S/C3H8O3.2Ca.H3O4P.4H/c4-1-3(6)2-5;;;1-5(2,3)4;;;;/h3-6H,1-2H2;;;(H3,1,2,3,4);;;;/q;2*+2;;4*-1. The SMILES string of the molecule is O=P(O)(O)O.OCC(O)CO.[Ca+2].[Ca+2].[H-].[H-].[H-].[H-]. The van der Waals surface area contributed by atoms with Crippen molar-refractivity contribution in [3.8, 4) is 0 Å².